The third-order valence-electron chi connectivity index (χ3n) is 3.71. The molecule has 0 radical (unpaired) electrons. The largest absolute Gasteiger partial charge is 0.382 e. The van der Waals surface area contributed by atoms with E-state index in [2.05, 4.69) is 15.6 Å². The molecule has 0 spiro atoms. The number of anilines is 1. The molecule has 1 aliphatic rings. The Hall–Kier alpha value is -2.41. The van der Waals surface area contributed by atoms with Crippen LogP contribution in [0.2, 0.25) is 5.02 Å². The van der Waals surface area contributed by atoms with Gasteiger partial charge in [-0.2, -0.15) is 5.10 Å². The number of oxime groups is 1. The molecule has 0 aliphatic carbocycles. The highest BCUT2D eigenvalue weighted by Gasteiger charge is 2.31. The molecule has 1 unspecified atom stereocenters. The van der Waals surface area contributed by atoms with Crippen LogP contribution in [0.15, 0.2) is 29.6 Å². The standard InChI is InChI=1S/C15H14ClFN4O2/c1-8-12(7-18-21(8)2)19-15(22)13-6-11(20-23-13)14-9(16)4-3-5-10(14)17/h3-5,7,13H,6H2,1-2H3,(H,19,22). The fourth-order valence-corrected chi connectivity index (χ4v) is 2.55. The molecular formula is C15H14ClFN4O2. The fraction of sp³-hybridized carbons (Fsp3) is 0.267. The fourth-order valence-electron chi connectivity index (χ4n) is 2.27. The minimum Gasteiger partial charge on any atom is -0.382 e. The zero-order valence-electron chi connectivity index (χ0n) is 12.5. The predicted molar refractivity (Wildman–Crippen MR) is 84.0 cm³/mol. The van der Waals surface area contributed by atoms with Crippen LogP contribution in [0.1, 0.15) is 17.7 Å². The highest BCUT2D eigenvalue weighted by molar-refractivity contribution is 6.34. The Bertz CT molecular complexity index is 783. The number of carbonyl (C=O) groups excluding carboxylic acids is 1. The van der Waals surface area contributed by atoms with Gasteiger partial charge in [-0.15, -0.1) is 0 Å². The van der Waals surface area contributed by atoms with E-state index in [0.717, 1.165) is 5.69 Å². The lowest BCUT2D eigenvalue weighted by molar-refractivity contribution is -0.125. The summed E-state index contributed by atoms with van der Waals surface area (Å²) in [5.74, 6) is -0.865. The Labute approximate surface area is 136 Å². The van der Waals surface area contributed by atoms with Crippen LogP contribution in [0.25, 0.3) is 0 Å². The Kier molecular flexibility index (Phi) is 4.04. The maximum atomic E-state index is 13.9. The average Bonchev–Trinajstić information content (AvgIpc) is 3.10. The molecule has 6 nitrogen and oxygen atoms in total. The van der Waals surface area contributed by atoms with Crippen LogP contribution in [-0.4, -0.2) is 27.5 Å². The van der Waals surface area contributed by atoms with Crippen molar-refractivity contribution in [2.24, 2.45) is 12.2 Å². The second kappa shape index (κ2) is 6.00. The van der Waals surface area contributed by atoms with Gasteiger partial charge in [0.15, 0.2) is 0 Å². The number of rotatable bonds is 3. The van der Waals surface area contributed by atoms with Crippen LogP contribution in [0, 0.1) is 12.7 Å². The average molecular weight is 337 g/mol. The van der Waals surface area contributed by atoms with Crippen molar-refractivity contribution in [2.75, 3.05) is 5.32 Å². The van der Waals surface area contributed by atoms with E-state index >= 15 is 0 Å². The predicted octanol–water partition coefficient (Wildman–Crippen LogP) is 2.65. The molecule has 0 saturated heterocycles. The molecule has 8 heteroatoms. The maximum absolute atomic E-state index is 13.9. The molecule has 1 aromatic heterocycles. The van der Waals surface area contributed by atoms with Gasteiger partial charge >= 0.3 is 0 Å². The van der Waals surface area contributed by atoms with Gasteiger partial charge in [0, 0.05) is 13.5 Å². The van der Waals surface area contributed by atoms with E-state index in [-0.39, 0.29) is 22.9 Å². The van der Waals surface area contributed by atoms with Gasteiger partial charge in [-0.25, -0.2) is 4.39 Å². The second-order valence-corrected chi connectivity index (χ2v) is 5.60. The molecule has 3 rings (SSSR count). The van der Waals surface area contributed by atoms with Gasteiger partial charge in [0.2, 0.25) is 6.10 Å². The number of hydrogen-bond acceptors (Lipinski definition) is 4. The lowest BCUT2D eigenvalue weighted by Gasteiger charge is -2.09. The molecular weight excluding hydrogens is 323 g/mol. The van der Waals surface area contributed by atoms with Crippen LogP contribution in [0.5, 0.6) is 0 Å². The van der Waals surface area contributed by atoms with Crippen LogP contribution in [0.4, 0.5) is 10.1 Å². The van der Waals surface area contributed by atoms with E-state index in [1.807, 2.05) is 6.92 Å². The first-order valence-corrected chi connectivity index (χ1v) is 7.31. The van der Waals surface area contributed by atoms with Gasteiger partial charge in [-0.3, -0.25) is 9.48 Å². The summed E-state index contributed by atoms with van der Waals surface area (Å²) in [4.78, 5) is 17.4. The van der Waals surface area contributed by atoms with E-state index in [0.29, 0.717) is 11.4 Å². The molecule has 120 valence electrons. The topological polar surface area (TPSA) is 68.5 Å². The van der Waals surface area contributed by atoms with Crippen molar-refractivity contribution in [1.29, 1.82) is 0 Å². The lowest BCUT2D eigenvalue weighted by Crippen LogP contribution is -2.28. The number of halogens is 2. The summed E-state index contributed by atoms with van der Waals surface area (Å²) >= 11 is 6.00. The Balaban J connectivity index is 1.72. The van der Waals surface area contributed by atoms with Crippen LogP contribution in [-0.2, 0) is 16.7 Å². The molecule has 1 aliphatic heterocycles. The Morgan fingerprint density at radius 3 is 2.96 bits per heavy atom. The van der Waals surface area contributed by atoms with E-state index in [4.69, 9.17) is 16.4 Å². The summed E-state index contributed by atoms with van der Waals surface area (Å²) < 4.78 is 15.5. The molecule has 23 heavy (non-hydrogen) atoms. The SMILES string of the molecule is Cc1c(NC(=O)C2CC(c3c(F)cccc3Cl)=NO2)cnn1C. The number of nitrogens with zero attached hydrogens (tertiary/aromatic N) is 3. The molecule has 1 atom stereocenters. The van der Waals surface area contributed by atoms with Crippen molar-refractivity contribution in [1.82, 2.24) is 9.78 Å². The number of aromatic nitrogens is 2. The first-order valence-electron chi connectivity index (χ1n) is 6.94. The minimum atomic E-state index is -0.833. The van der Waals surface area contributed by atoms with Gasteiger partial charge in [0.05, 0.1) is 33.9 Å². The number of nitrogens with one attached hydrogen (secondary N) is 1. The zero-order valence-corrected chi connectivity index (χ0v) is 13.3. The Morgan fingerprint density at radius 1 is 1.52 bits per heavy atom. The van der Waals surface area contributed by atoms with E-state index in [9.17, 15) is 9.18 Å². The second-order valence-electron chi connectivity index (χ2n) is 5.19. The van der Waals surface area contributed by atoms with E-state index < -0.39 is 11.9 Å². The smallest absolute Gasteiger partial charge is 0.268 e. The van der Waals surface area contributed by atoms with Gasteiger partial charge in [0.25, 0.3) is 5.91 Å². The number of amides is 1. The molecule has 1 amide bonds. The number of carbonyl (C=O) groups is 1. The third kappa shape index (κ3) is 2.92. The number of benzene rings is 1. The lowest BCUT2D eigenvalue weighted by atomic mass is 10.0. The van der Waals surface area contributed by atoms with Gasteiger partial charge < -0.3 is 10.2 Å². The summed E-state index contributed by atoms with van der Waals surface area (Å²) in [5, 5.41) is 10.8. The molecule has 1 aromatic carbocycles. The van der Waals surface area contributed by atoms with Crippen LogP contribution >= 0.6 is 11.6 Å². The first kappa shape index (κ1) is 15.5. The summed E-state index contributed by atoms with van der Waals surface area (Å²) in [5.41, 5.74) is 1.89. The molecule has 0 saturated carbocycles. The van der Waals surface area contributed by atoms with Gasteiger partial charge in [-0.1, -0.05) is 22.8 Å². The first-order chi connectivity index (χ1) is 11.0. The summed E-state index contributed by atoms with van der Waals surface area (Å²) in [6.45, 7) is 1.83. The summed E-state index contributed by atoms with van der Waals surface area (Å²) in [6.07, 6.45) is 0.865. The van der Waals surface area contributed by atoms with Crippen molar-refractivity contribution >= 4 is 28.9 Å². The van der Waals surface area contributed by atoms with Crippen molar-refractivity contribution in [2.45, 2.75) is 19.4 Å². The molecule has 0 bridgehead atoms. The summed E-state index contributed by atoms with van der Waals surface area (Å²) in [7, 11) is 1.78. The van der Waals surface area contributed by atoms with E-state index in [1.165, 1.54) is 12.1 Å². The van der Waals surface area contributed by atoms with Gasteiger partial charge in [-0.05, 0) is 19.1 Å². The van der Waals surface area contributed by atoms with Crippen molar-refractivity contribution < 1.29 is 14.0 Å². The van der Waals surface area contributed by atoms with Crippen molar-refractivity contribution in [3.8, 4) is 0 Å². The molecule has 1 N–H and O–H groups in total. The normalized spacial score (nSPS) is 16.9. The molecule has 2 aromatic rings. The Morgan fingerprint density at radius 2 is 2.30 bits per heavy atom. The zero-order chi connectivity index (χ0) is 16.6. The highest BCUT2D eigenvalue weighted by Crippen LogP contribution is 2.26. The van der Waals surface area contributed by atoms with Crippen molar-refractivity contribution in [3.05, 3.63) is 46.5 Å². The van der Waals surface area contributed by atoms with Crippen LogP contribution < -0.4 is 5.32 Å². The van der Waals surface area contributed by atoms with Gasteiger partial charge in [0.1, 0.15) is 5.82 Å². The number of aryl methyl sites for hydroxylation is 1. The maximum Gasteiger partial charge on any atom is 0.268 e. The van der Waals surface area contributed by atoms with Crippen molar-refractivity contribution in [3.63, 3.8) is 0 Å². The summed E-state index contributed by atoms with van der Waals surface area (Å²) in [6, 6.07) is 4.36. The minimum absolute atomic E-state index is 0.145. The van der Waals surface area contributed by atoms with Crippen LogP contribution in [0.3, 0.4) is 0 Å². The third-order valence-corrected chi connectivity index (χ3v) is 4.02. The highest BCUT2D eigenvalue weighted by atomic mass is 35.5. The molecule has 2 heterocycles. The number of hydrogen-bond donors (Lipinski definition) is 1. The van der Waals surface area contributed by atoms with E-state index in [1.54, 1.807) is 24.0 Å². The quantitative estimate of drug-likeness (QED) is 0.937. The monoisotopic (exact) mass is 336 g/mol. The molecule has 0 fully saturated rings.